The first-order chi connectivity index (χ1) is 20.1. The third kappa shape index (κ3) is 10.3. The summed E-state index contributed by atoms with van der Waals surface area (Å²) in [4.78, 5) is 49.7. The molecule has 2 heterocycles. The van der Waals surface area contributed by atoms with Crippen LogP contribution < -0.4 is 9.78 Å². The van der Waals surface area contributed by atoms with E-state index in [1.807, 2.05) is 69.3 Å². The van der Waals surface area contributed by atoms with Gasteiger partial charge in [-0.05, 0) is 0 Å². The van der Waals surface area contributed by atoms with Gasteiger partial charge in [0.25, 0.3) is 0 Å². The summed E-state index contributed by atoms with van der Waals surface area (Å²) in [5, 5.41) is 13.6. The number of aliphatic hydroxyl groups excluding tert-OH is 1. The summed E-state index contributed by atoms with van der Waals surface area (Å²) >= 11 is -0.113. The van der Waals surface area contributed by atoms with Crippen molar-refractivity contribution in [1.29, 1.82) is 0 Å². The molecule has 1 saturated heterocycles. The molecule has 1 aromatic carbocycles. The van der Waals surface area contributed by atoms with Gasteiger partial charge in [-0.3, -0.25) is 14.9 Å². The fourth-order valence-electron chi connectivity index (χ4n) is 5.60. The number of benzene rings is 1. The van der Waals surface area contributed by atoms with Crippen molar-refractivity contribution >= 4 is 43.0 Å². The molecule has 2 amide bonds. The number of ether oxygens (including phenoxy) is 2. The normalized spacial score (nSPS) is 28.2. The number of carbonyl (C=O) groups is 4. The third-order valence-corrected chi connectivity index (χ3v) is 10.7. The number of piperidine rings is 1. The van der Waals surface area contributed by atoms with Crippen LogP contribution in [0.2, 0.25) is 4.82 Å². The Labute approximate surface area is 255 Å². The molecule has 0 radical (unpaired) electrons. The second-order valence-corrected chi connectivity index (χ2v) is 14.2. The Morgan fingerprint density at radius 2 is 1.88 bits per heavy atom. The molecule has 1 fully saturated rings. The Morgan fingerprint density at radius 1 is 1.19 bits per heavy atom. The van der Waals surface area contributed by atoms with Gasteiger partial charge in [-0.1, -0.05) is 0 Å². The summed E-state index contributed by atoms with van der Waals surface area (Å²) in [5.41, 5.74) is 0.715. The molecule has 2 aliphatic heterocycles. The first kappa shape index (κ1) is 33.9. The van der Waals surface area contributed by atoms with Gasteiger partial charge in [-0.2, -0.15) is 0 Å². The molecule has 6 atom stereocenters. The van der Waals surface area contributed by atoms with Crippen molar-refractivity contribution in [3.63, 3.8) is 0 Å². The Balaban J connectivity index is 1.74. The number of imide groups is 1. The van der Waals surface area contributed by atoms with Crippen LogP contribution in [-0.2, 0) is 28.7 Å². The maximum atomic E-state index is 13.6. The summed E-state index contributed by atoms with van der Waals surface area (Å²) in [6.45, 7) is 5.51. The standard InChI is InChI=1S/C33H45NO7Se/c1-21(26(35)15-11-12-24-19-29(36)34-30(37)20-24)18-22(2)32-23(3)31(38)27(40-4)16-9-6-10-17-28(33(39)41-32)42-25-13-7-5-8-14-25/h5,7-9,13-14,16,18,21,23-24,27-28,31-32,38H,6,10-12,15,17,19-20H2,1-4H3,(H,34,36,37)/b16-9-,22-18+/t21-,23-,27-,28?,31-,32-/m0/s1. The van der Waals surface area contributed by atoms with E-state index < -0.39 is 30.1 Å². The minimum absolute atomic E-state index is 0.0298. The van der Waals surface area contributed by atoms with Gasteiger partial charge in [0.05, 0.1) is 0 Å². The van der Waals surface area contributed by atoms with E-state index in [-0.39, 0.29) is 49.3 Å². The van der Waals surface area contributed by atoms with E-state index in [0.29, 0.717) is 44.1 Å². The van der Waals surface area contributed by atoms with Gasteiger partial charge in [0.15, 0.2) is 0 Å². The van der Waals surface area contributed by atoms with Crippen molar-refractivity contribution in [3.05, 3.63) is 54.1 Å². The molecular weight excluding hydrogens is 601 g/mol. The van der Waals surface area contributed by atoms with Crippen LogP contribution >= 0.6 is 0 Å². The van der Waals surface area contributed by atoms with Crippen LogP contribution in [0.1, 0.15) is 72.1 Å². The van der Waals surface area contributed by atoms with Gasteiger partial charge >= 0.3 is 217 Å². The van der Waals surface area contributed by atoms with Gasteiger partial charge in [0.1, 0.15) is 0 Å². The summed E-state index contributed by atoms with van der Waals surface area (Å²) in [6, 6.07) is 9.99. The number of Topliss-reactive ketones (excluding diaryl/α,β-unsaturated/α-hetero) is 1. The average molecular weight is 647 g/mol. The molecule has 9 heteroatoms. The van der Waals surface area contributed by atoms with Crippen molar-refractivity contribution in [2.45, 2.75) is 95.3 Å². The Hall–Kier alpha value is -2.58. The van der Waals surface area contributed by atoms with Crippen molar-refractivity contribution in [3.8, 4) is 0 Å². The maximum absolute atomic E-state index is 13.6. The van der Waals surface area contributed by atoms with Crippen LogP contribution in [0.4, 0.5) is 0 Å². The zero-order valence-corrected chi connectivity index (χ0v) is 26.8. The molecule has 2 aliphatic rings. The molecular formula is C33H45NO7Se. The first-order valence-corrected chi connectivity index (χ1v) is 16.8. The number of carbonyl (C=O) groups excluding carboxylic acids is 4. The Kier molecular flexibility index (Phi) is 13.6. The van der Waals surface area contributed by atoms with Gasteiger partial charge in [0.2, 0.25) is 11.8 Å². The zero-order chi connectivity index (χ0) is 30.6. The zero-order valence-electron chi connectivity index (χ0n) is 25.1. The second-order valence-electron chi connectivity index (χ2n) is 11.5. The topological polar surface area (TPSA) is 119 Å². The number of rotatable bonds is 10. The second kappa shape index (κ2) is 16.9. The number of ketones is 1. The van der Waals surface area contributed by atoms with Crippen LogP contribution in [0.25, 0.3) is 0 Å². The molecule has 0 spiro atoms. The number of hydrogen-bond acceptors (Lipinski definition) is 7. The molecule has 0 bridgehead atoms. The van der Waals surface area contributed by atoms with Gasteiger partial charge in [-0.15, -0.1) is 0 Å². The molecule has 8 nitrogen and oxygen atoms in total. The number of nitrogens with one attached hydrogen (secondary N) is 1. The molecule has 1 aromatic rings. The van der Waals surface area contributed by atoms with E-state index in [9.17, 15) is 24.3 Å². The molecule has 0 aromatic heterocycles. The molecule has 3 rings (SSSR count). The van der Waals surface area contributed by atoms with Crippen molar-refractivity contribution < 1.29 is 33.8 Å². The summed E-state index contributed by atoms with van der Waals surface area (Å²) in [7, 11) is 1.55. The van der Waals surface area contributed by atoms with E-state index in [0.717, 1.165) is 17.3 Å². The fourth-order valence-corrected chi connectivity index (χ4v) is 7.86. The summed E-state index contributed by atoms with van der Waals surface area (Å²) in [5.74, 6) is -1.69. The number of allylic oxidation sites excluding steroid dienone is 2. The van der Waals surface area contributed by atoms with E-state index in [4.69, 9.17) is 9.47 Å². The molecule has 42 heavy (non-hydrogen) atoms. The van der Waals surface area contributed by atoms with Crippen molar-refractivity contribution in [2.75, 3.05) is 7.11 Å². The molecule has 0 saturated carbocycles. The summed E-state index contributed by atoms with van der Waals surface area (Å²) < 4.78 is 12.9. The van der Waals surface area contributed by atoms with Crippen LogP contribution in [0.5, 0.6) is 0 Å². The summed E-state index contributed by atoms with van der Waals surface area (Å²) in [6.07, 6.45) is 8.01. The van der Waals surface area contributed by atoms with E-state index in [1.54, 1.807) is 7.11 Å². The third-order valence-electron chi connectivity index (χ3n) is 8.05. The predicted molar refractivity (Wildman–Crippen MR) is 162 cm³/mol. The van der Waals surface area contributed by atoms with E-state index in [1.165, 1.54) is 0 Å². The number of hydrogen-bond donors (Lipinski definition) is 2. The fraction of sp³-hybridized carbons (Fsp3) is 0.576. The van der Waals surface area contributed by atoms with E-state index in [2.05, 4.69) is 5.32 Å². The SMILES string of the molecule is CO[C@H]1/C=C\CCCC([Se]c2ccccc2)C(=O)O[C@@H](/C(C)=C/[C@H](C)C(=O)CCCC2CC(=O)NC(=O)C2)[C@@H](C)[C@@H]1O. The minimum atomic E-state index is -0.925. The number of esters is 1. The molecule has 230 valence electrons. The quantitative estimate of drug-likeness (QED) is 0.172. The van der Waals surface area contributed by atoms with Crippen molar-refractivity contribution in [1.82, 2.24) is 5.32 Å². The van der Waals surface area contributed by atoms with Crippen LogP contribution in [0, 0.1) is 17.8 Å². The average Bonchev–Trinajstić information content (AvgIpc) is 2.95. The Morgan fingerprint density at radius 3 is 2.55 bits per heavy atom. The van der Waals surface area contributed by atoms with Crippen LogP contribution in [-0.4, -0.2) is 69.1 Å². The van der Waals surface area contributed by atoms with Gasteiger partial charge in [0, 0.05) is 12.8 Å². The number of cyclic esters (lactones) is 1. The van der Waals surface area contributed by atoms with Gasteiger partial charge in [-0.25, -0.2) is 0 Å². The number of methoxy groups -OCH3 is 1. The molecule has 1 unspecified atom stereocenters. The van der Waals surface area contributed by atoms with Crippen molar-refractivity contribution in [2.24, 2.45) is 17.8 Å². The van der Waals surface area contributed by atoms with Crippen LogP contribution in [0.3, 0.4) is 0 Å². The molecule has 0 aliphatic carbocycles. The van der Waals surface area contributed by atoms with Crippen LogP contribution in [0.15, 0.2) is 54.1 Å². The number of amides is 2. The number of aliphatic hydroxyl groups is 1. The first-order valence-electron chi connectivity index (χ1n) is 14.9. The monoisotopic (exact) mass is 647 g/mol. The Bertz CT molecular complexity index is 1120. The predicted octanol–water partition coefficient (Wildman–Crippen LogP) is 3.84. The molecule has 2 N–H and O–H groups in total. The van der Waals surface area contributed by atoms with E-state index >= 15 is 0 Å². The van der Waals surface area contributed by atoms with Gasteiger partial charge < -0.3 is 0 Å².